The van der Waals surface area contributed by atoms with E-state index >= 15 is 0 Å². The lowest BCUT2D eigenvalue weighted by Crippen LogP contribution is -2.38. The van der Waals surface area contributed by atoms with E-state index in [0.717, 1.165) is 68.7 Å². The van der Waals surface area contributed by atoms with Crippen molar-refractivity contribution in [2.75, 3.05) is 43.4 Å². The van der Waals surface area contributed by atoms with E-state index in [1.165, 1.54) is 38.2 Å². The highest BCUT2D eigenvalue weighted by atomic mass is 16.6. The third-order valence-corrected chi connectivity index (χ3v) is 8.34. The number of para-hydroxylation sites is 1. The molecule has 0 radical (unpaired) electrons. The summed E-state index contributed by atoms with van der Waals surface area (Å²) in [4.78, 5) is 25.8. The van der Waals surface area contributed by atoms with E-state index in [0.29, 0.717) is 24.2 Å². The zero-order chi connectivity index (χ0) is 31.7. The Balaban J connectivity index is 0.987. The summed E-state index contributed by atoms with van der Waals surface area (Å²) in [5, 5.41) is 28.8. The van der Waals surface area contributed by atoms with Crippen molar-refractivity contribution in [2.45, 2.75) is 70.0 Å². The van der Waals surface area contributed by atoms with E-state index in [2.05, 4.69) is 20.9 Å². The van der Waals surface area contributed by atoms with Crippen LogP contribution in [0.25, 0.3) is 11.1 Å². The van der Waals surface area contributed by atoms with Crippen molar-refractivity contribution in [1.29, 1.82) is 0 Å². The average Bonchev–Trinajstić information content (AvgIpc) is 3.06. The maximum Gasteiger partial charge on any atom is 0.411 e. The van der Waals surface area contributed by atoms with Crippen LogP contribution in [-0.4, -0.2) is 66.4 Å². The number of hydrogen-bond donors (Lipinski definition) is 5. The number of carbonyl (C=O) groups is 2. The number of phenols is 1. The van der Waals surface area contributed by atoms with Crippen molar-refractivity contribution in [3.8, 4) is 16.9 Å². The van der Waals surface area contributed by atoms with Crippen molar-refractivity contribution < 1.29 is 24.5 Å². The van der Waals surface area contributed by atoms with Gasteiger partial charge in [0, 0.05) is 25.2 Å². The van der Waals surface area contributed by atoms with Crippen LogP contribution in [0.1, 0.15) is 69.5 Å². The number of ether oxygens (including phenoxy) is 1. The number of unbranched alkanes of at least 4 members (excludes halogenated alkanes) is 6. The Hall–Kier alpha value is -3.92. The van der Waals surface area contributed by atoms with Gasteiger partial charge in [-0.2, -0.15) is 0 Å². The number of benzene rings is 3. The lowest BCUT2D eigenvalue weighted by Gasteiger charge is -2.31. The molecule has 9 nitrogen and oxygen atoms in total. The second kappa shape index (κ2) is 18.8. The number of nitrogens with one attached hydrogen (secondary N) is 3. The smallest absolute Gasteiger partial charge is 0.411 e. The molecule has 0 bridgehead atoms. The van der Waals surface area contributed by atoms with Crippen LogP contribution in [0, 0.1) is 0 Å². The molecule has 4 rings (SSSR count). The van der Waals surface area contributed by atoms with Crippen molar-refractivity contribution in [2.24, 2.45) is 0 Å². The van der Waals surface area contributed by atoms with Gasteiger partial charge < -0.3 is 30.5 Å². The summed E-state index contributed by atoms with van der Waals surface area (Å²) in [5.41, 5.74) is 3.73. The molecule has 1 fully saturated rings. The van der Waals surface area contributed by atoms with Gasteiger partial charge >= 0.3 is 6.09 Å². The molecule has 242 valence electrons. The highest BCUT2D eigenvalue weighted by Crippen LogP contribution is 2.28. The maximum atomic E-state index is 12.7. The number of aromatic hydroxyl groups is 1. The number of carbonyl (C=O) groups excluding carboxylic acids is 2. The SMILES string of the molecule is O=CNc1cc(C(O)CNCCCCCCCCCN2CCC(OC(=O)Nc3ccccc3-c3ccccc3)CC2)ccc1O. The number of amides is 2. The minimum atomic E-state index is -0.705. The van der Waals surface area contributed by atoms with Crippen LogP contribution in [0.15, 0.2) is 72.8 Å². The fourth-order valence-corrected chi connectivity index (χ4v) is 5.77. The van der Waals surface area contributed by atoms with E-state index in [-0.39, 0.29) is 17.9 Å². The largest absolute Gasteiger partial charge is 0.506 e. The summed E-state index contributed by atoms with van der Waals surface area (Å²) < 4.78 is 5.77. The van der Waals surface area contributed by atoms with E-state index < -0.39 is 6.10 Å². The number of likely N-dealkylation sites (tertiary alicyclic amines) is 1. The second-order valence-electron chi connectivity index (χ2n) is 11.7. The molecule has 0 aliphatic carbocycles. The zero-order valence-corrected chi connectivity index (χ0v) is 26.1. The predicted molar refractivity (Wildman–Crippen MR) is 179 cm³/mol. The highest BCUT2D eigenvalue weighted by molar-refractivity contribution is 5.91. The first-order valence-electron chi connectivity index (χ1n) is 16.3. The Morgan fingerprint density at radius 2 is 1.58 bits per heavy atom. The van der Waals surface area contributed by atoms with Gasteiger partial charge in [-0.1, -0.05) is 86.7 Å². The highest BCUT2D eigenvalue weighted by Gasteiger charge is 2.22. The Morgan fingerprint density at radius 3 is 2.33 bits per heavy atom. The summed E-state index contributed by atoms with van der Waals surface area (Å²) >= 11 is 0. The average molecular weight is 617 g/mol. The maximum absolute atomic E-state index is 12.7. The van der Waals surface area contributed by atoms with Crippen molar-refractivity contribution in [1.82, 2.24) is 10.2 Å². The predicted octanol–water partition coefficient (Wildman–Crippen LogP) is 6.69. The fraction of sp³-hybridized carbons (Fsp3) is 0.444. The number of phenolic OH excluding ortho intramolecular Hbond substituents is 1. The monoisotopic (exact) mass is 616 g/mol. The Bertz CT molecular complexity index is 1310. The van der Waals surface area contributed by atoms with Gasteiger partial charge in [0.2, 0.25) is 6.41 Å². The lowest BCUT2D eigenvalue weighted by molar-refractivity contribution is -0.105. The van der Waals surface area contributed by atoms with Gasteiger partial charge in [0.1, 0.15) is 11.9 Å². The quantitative estimate of drug-likeness (QED) is 0.0613. The van der Waals surface area contributed by atoms with Gasteiger partial charge in [0.05, 0.1) is 17.5 Å². The third-order valence-electron chi connectivity index (χ3n) is 8.34. The summed E-state index contributed by atoms with van der Waals surface area (Å²) in [7, 11) is 0. The van der Waals surface area contributed by atoms with Gasteiger partial charge in [-0.25, -0.2) is 4.79 Å². The molecule has 2 amide bonds. The number of anilines is 2. The van der Waals surface area contributed by atoms with E-state index in [1.807, 2.05) is 54.6 Å². The van der Waals surface area contributed by atoms with Crippen LogP contribution in [0.3, 0.4) is 0 Å². The molecule has 3 aromatic rings. The van der Waals surface area contributed by atoms with Crippen molar-refractivity contribution >= 4 is 23.9 Å². The minimum absolute atomic E-state index is 0.0265. The van der Waals surface area contributed by atoms with Gasteiger partial charge in [0.15, 0.2) is 0 Å². The normalized spacial score (nSPS) is 14.5. The molecule has 45 heavy (non-hydrogen) atoms. The van der Waals surface area contributed by atoms with Crippen LogP contribution in [0.4, 0.5) is 16.2 Å². The van der Waals surface area contributed by atoms with Crippen molar-refractivity contribution in [3.63, 3.8) is 0 Å². The Labute approximate surface area is 267 Å². The molecule has 9 heteroatoms. The topological polar surface area (TPSA) is 123 Å². The van der Waals surface area contributed by atoms with Crippen LogP contribution in [0.2, 0.25) is 0 Å². The molecular weight excluding hydrogens is 568 g/mol. The lowest BCUT2D eigenvalue weighted by atomic mass is 10.0. The molecule has 0 spiro atoms. The molecule has 1 heterocycles. The van der Waals surface area contributed by atoms with Gasteiger partial charge in [-0.05, 0) is 68.1 Å². The molecule has 0 saturated carbocycles. The molecule has 3 aromatic carbocycles. The van der Waals surface area contributed by atoms with Gasteiger partial charge in [-0.3, -0.25) is 10.1 Å². The number of aliphatic hydroxyl groups excluding tert-OH is 1. The second-order valence-corrected chi connectivity index (χ2v) is 11.7. The van der Waals surface area contributed by atoms with E-state index in [4.69, 9.17) is 4.74 Å². The standard InChI is InChI=1S/C36H48N4O5/c41-27-38-33-25-29(17-18-34(33)42)35(43)26-37-21-11-4-2-1-3-5-12-22-40-23-19-30(20-24-40)45-36(44)39-32-16-10-9-15-31(32)28-13-7-6-8-14-28/h6-10,13-18,25,27,30,35,37,42-43H,1-5,11-12,19-24,26H2,(H,38,41)(H,39,44). The first-order chi connectivity index (χ1) is 22.0. The van der Waals surface area contributed by atoms with Crippen LogP contribution in [-0.2, 0) is 9.53 Å². The third kappa shape index (κ3) is 11.5. The minimum Gasteiger partial charge on any atom is -0.506 e. The molecule has 1 unspecified atom stereocenters. The summed E-state index contributed by atoms with van der Waals surface area (Å²) in [6, 6.07) is 22.5. The Morgan fingerprint density at radius 1 is 0.889 bits per heavy atom. The first-order valence-corrected chi connectivity index (χ1v) is 16.3. The Kier molecular flexibility index (Phi) is 14.2. The zero-order valence-electron chi connectivity index (χ0n) is 26.1. The molecule has 1 aliphatic heterocycles. The van der Waals surface area contributed by atoms with Crippen LogP contribution < -0.4 is 16.0 Å². The fourth-order valence-electron chi connectivity index (χ4n) is 5.77. The number of nitrogens with zero attached hydrogens (tertiary/aromatic N) is 1. The van der Waals surface area contributed by atoms with Gasteiger partial charge in [-0.15, -0.1) is 0 Å². The molecule has 5 N–H and O–H groups in total. The first kappa shape index (κ1) is 34.0. The molecule has 0 aromatic heterocycles. The van der Waals surface area contributed by atoms with Gasteiger partial charge in [0.25, 0.3) is 0 Å². The molecule has 1 saturated heterocycles. The van der Waals surface area contributed by atoms with Crippen molar-refractivity contribution in [3.05, 3.63) is 78.4 Å². The summed E-state index contributed by atoms with van der Waals surface area (Å²) in [5.74, 6) is -0.0265. The number of hydrogen-bond acceptors (Lipinski definition) is 7. The molecule has 1 atom stereocenters. The van der Waals surface area contributed by atoms with Crippen LogP contribution in [0.5, 0.6) is 5.75 Å². The van der Waals surface area contributed by atoms with Crippen LogP contribution >= 0.6 is 0 Å². The molecular formula is C36H48N4O5. The number of rotatable bonds is 18. The van der Waals surface area contributed by atoms with E-state index in [9.17, 15) is 19.8 Å². The summed E-state index contributed by atoms with van der Waals surface area (Å²) in [6.45, 7) is 4.29. The number of aliphatic hydroxyl groups is 1. The summed E-state index contributed by atoms with van der Waals surface area (Å²) in [6.07, 6.45) is 9.45. The molecule has 1 aliphatic rings. The number of piperidine rings is 1. The van der Waals surface area contributed by atoms with E-state index in [1.54, 1.807) is 12.1 Å².